The maximum absolute atomic E-state index is 11.3. The van der Waals surface area contributed by atoms with Crippen molar-refractivity contribution in [2.75, 3.05) is 12.4 Å². The molecule has 0 aromatic carbocycles. The number of aromatic nitrogens is 3. The molecule has 0 bridgehead atoms. The topological polar surface area (TPSA) is 90.1 Å². The number of carbonyl (C=O) groups is 1. The number of nitrogens with zero attached hydrogens (tertiary/aromatic N) is 3. The van der Waals surface area contributed by atoms with E-state index in [1.54, 1.807) is 12.1 Å². The van der Waals surface area contributed by atoms with E-state index < -0.39 is 5.97 Å². The van der Waals surface area contributed by atoms with E-state index in [2.05, 4.69) is 25.2 Å². The van der Waals surface area contributed by atoms with Crippen molar-refractivity contribution >= 4 is 11.9 Å². The molecular weight excluding hydrogens is 272 g/mol. The lowest BCUT2D eigenvalue weighted by molar-refractivity contribution is 0.0563. The standard InChI is InChI=1S/C14H18N4O3/c1-4-10-11(5-2)17-18-14(16-10)15-8-9-6-7-12(21-9)13(19)20-3/h6-7H,4-5,8H2,1-3H3,(H,15,16,18). The zero-order chi connectivity index (χ0) is 15.2. The fourth-order valence-electron chi connectivity index (χ4n) is 1.86. The van der Waals surface area contributed by atoms with Crippen LogP contribution in [-0.4, -0.2) is 28.3 Å². The first-order valence-electron chi connectivity index (χ1n) is 6.81. The second-order valence-electron chi connectivity index (χ2n) is 4.35. The first-order chi connectivity index (χ1) is 10.2. The molecule has 2 aromatic rings. The summed E-state index contributed by atoms with van der Waals surface area (Å²) in [5, 5.41) is 11.2. The average Bonchev–Trinajstić information content (AvgIpc) is 3.00. The van der Waals surface area contributed by atoms with Gasteiger partial charge in [0.25, 0.3) is 0 Å². The fraction of sp³-hybridized carbons (Fsp3) is 0.429. The van der Waals surface area contributed by atoms with E-state index in [-0.39, 0.29) is 5.76 Å². The summed E-state index contributed by atoms with van der Waals surface area (Å²) >= 11 is 0. The lowest BCUT2D eigenvalue weighted by Gasteiger charge is -2.06. The van der Waals surface area contributed by atoms with Crippen molar-refractivity contribution in [1.82, 2.24) is 15.2 Å². The molecule has 7 nitrogen and oxygen atoms in total. The van der Waals surface area contributed by atoms with Crippen molar-refractivity contribution in [3.8, 4) is 0 Å². The van der Waals surface area contributed by atoms with Crippen LogP contribution in [0, 0.1) is 0 Å². The number of furan rings is 1. The minimum absolute atomic E-state index is 0.170. The van der Waals surface area contributed by atoms with Crippen LogP contribution in [0.5, 0.6) is 0 Å². The van der Waals surface area contributed by atoms with Gasteiger partial charge >= 0.3 is 5.97 Å². The predicted octanol–water partition coefficient (Wildman–Crippen LogP) is 1.99. The molecule has 0 unspecified atom stereocenters. The van der Waals surface area contributed by atoms with Crippen LogP contribution >= 0.6 is 0 Å². The number of esters is 1. The van der Waals surface area contributed by atoms with Gasteiger partial charge in [-0.2, -0.15) is 5.10 Å². The molecule has 112 valence electrons. The van der Waals surface area contributed by atoms with Crippen LogP contribution in [0.4, 0.5) is 5.95 Å². The third-order valence-electron chi connectivity index (χ3n) is 2.98. The zero-order valence-corrected chi connectivity index (χ0v) is 12.3. The van der Waals surface area contributed by atoms with Gasteiger partial charge in [-0.05, 0) is 25.0 Å². The molecule has 2 rings (SSSR count). The molecule has 2 heterocycles. The number of carbonyl (C=O) groups excluding carboxylic acids is 1. The van der Waals surface area contributed by atoms with Crippen LogP contribution in [0.25, 0.3) is 0 Å². The Bertz CT molecular complexity index is 624. The number of anilines is 1. The van der Waals surface area contributed by atoms with Gasteiger partial charge in [-0.3, -0.25) is 0 Å². The Morgan fingerprint density at radius 3 is 2.67 bits per heavy atom. The zero-order valence-electron chi connectivity index (χ0n) is 12.3. The van der Waals surface area contributed by atoms with Crippen LogP contribution in [0.1, 0.15) is 41.6 Å². The third-order valence-corrected chi connectivity index (χ3v) is 2.98. The van der Waals surface area contributed by atoms with Crippen LogP contribution in [0.15, 0.2) is 16.5 Å². The van der Waals surface area contributed by atoms with Gasteiger partial charge in [0.1, 0.15) is 5.76 Å². The normalized spacial score (nSPS) is 10.4. The van der Waals surface area contributed by atoms with Crippen molar-refractivity contribution in [2.24, 2.45) is 0 Å². The maximum atomic E-state index is 11.3. The van der Waals surface area contributed by atoms with Gasteiger partial charge in [0.15, 0.2) is 0 Å². The SMILES string of the molecule is CCc1nnc(NCc2ccc(C(=O)OC)o2)nc1CC. The molecule has 0 aliphatic heterocycles. The van der Waals surface area contributed by atoms with Gasteiger partial charge in [-0.1, -0.05) is 13.8 Å². The van der Waals surface area contributed by atoms with E-state index in [1.165, 1.54) is 7.11 Å². The Balaban J connectivity index is 2.02. The third kappa shape index (κ3) is 3.56. The summed E-state index contributed by atoms with van der Waals surface area (Å²) in [6, 6.07) is 3.27. The molecule has 0 saturated carbocycles. The molecular formula is C14H18N4O3. The highest BCUT2D eigenvalue weighted by Crippen LogP contribution is 2.11. The van der Waals surface area contributed by atoms with Gasteiger partial charge < -0.3 is 14.5 Å². The van der Waals surface area contributed by atoms with Gasteiger partial charge in [-0.25, -0.2) is 9.78 Å². The number of aryl methyl sites for hydroxylation is 2. The monoisotopic (exact) mass is 290 g/mol. The van der Waals surface area contributed by atoms with E-state index >= 15 is 0 Å². The molecule has 0 radical (unpaired) electrons. The summed E-state index contributed by atoms with van der Waals surface area (Å²) in [4.78, 5) is 15.7. The largest absolute Gasteiger partial charge is 0.463 e. The molecule has 7 heteroatoms. The fourth-order valence-corrected chi connectivity index (χ4v) is 1.86. The lowest BCUT2D eigenvalue weighted by Crippen LogP contribution is -2.09. The molecule has 0 amide bonds. The second kappa shape index (κ2) is 6.83. The van der Waals surface area contributed by atoms with Crippen LogP contribution in [0.2, 0.25) is 0 Å². The van der Waals surface area contributed by atoms with E-state index in [4.69, 9.17) is 4.42 Å². The molecule has 0 atom stereocenters. The van der Waals surface area contributed by atoms with E-state index in [0.29, 0.717) is 18.3 Å². The minimum atomic E-state index is -0.500. The molecule has 21 heavy (non-hydrogen) atoms. The van der Waals surface area contributed by atoms with E-state index in [0.717, 1.165) is 24.2 Å². The molecule has 0 spiro atoms. The summed E-state index contributed by atoms with van der Waals surface area (Å²) in [6.45, 7) is 4.42. The average molecular weight is 290 g/mol. The Morgan fingerprint density at radius 2 is 2.00 bits per heavy atom. The van der Waals surface area contributed by atoms with Crippen molar-refractivity contribution in [2.45, 2.75) is 33.2 Å². The van der Waals surface area contributed by atoms with Gasteiger partial charge in [0.2, 0.25) is 11.7 Å². The summed E-state index contributed by atoms with van der Waals surface area (Å²) in [6.07, 6.45) is 1.62. The Morgan fingerprint density at radius 1 is 1.24 bits per heavy atom. The maximum Gasteiger partial charge on any atom is 0.373 e. The number of rotatable bonds is 6. The lowest BCUT2D eigenvalue weighted by atomic mass is 10.2. The molecule has 0 fully saturated rings. The van der Waals surface area contributed by atoms with Gasteiger partial charge in [-0.15, -0.1) is 5.10 Å². The first kappa shape index (κ1) is 15.0. The van der Waals surface area contributed by atoms with Gasteiger partial charge in [0, 0.05) is 0 Å². The summed E-state index contributed by atoms with van der Waals surface area (Å²) in [7, 11) is 1.31. The smallest absolute Gasteiger partial charge is 0.373 e. The van der Waals surface area contributed by atoms with E-state index in [1.807, 2.05) is 13.8 Å². The van der Waals surface area contributed by atoms with Crippen LogP contribution < -0.4 is 5.32 Å². The van der Waals surface area contributed by atoms with Gasteiger partial charge in [0.05, 0.1) is 25.0 Å². The number of nitrogens with one attached hydrogen (secondary N) is 1. The highest BCUT2D eigenvalue weighted by molar-refractivity contribution is 5.86. The quantitative estimate of drug-likeness (QED) is 0.813. The highest BCUT2D eigenvalue weighted by atomic mass is 16.5. The summed E-state index contributed by atoms with van der Waals surface area (Å²) in [5.74, 6) is 0.709. The molecule has 0 aliphatic carbocycles. The molecule has 1 N–H and O–H groups in total. The van der Waals surface area contributed by atoms with Crippen molar-refractivity contribution in [3.63, 3.8) is 0 Å². The van der Waals surface area contributed by atoms with Crippen molar-refractivity contribution < 1.29 is 13.9 Å². The number of methoxy groups -OCH3 is 1. The van der Waals surface area contributed by atoms with Crippen LogP contribution in [-0.2, 0) is 24.1 Å². The Kier molecular flexibility index (Phi) is 4.86. The van der Waals surface area contributed by atoms with Crippen LogP contribution in [0.3, 0.4) is 0 Å². The van der Waals surface area contributed by atoms with E-state index in [9.17, 15) is 4.79 Å². The van der Waals surface area contributed by atoms with Crippen molar-refractivity contribution in [1.29, 1.82) is 0 Å². The Hall–Kier alpha value is -2.44. The highest BCUT2D eigenvalue weighted by Gasteiger charge is 2.11. The molecule has 2 aromatic heterocycles. The number of hydrogen-bond donors (Lipinski definition) is 1. The summed E-state index contributed by atoms with van der Waals surface area (Å²) < 4.78 is 9.93. The predicted molar refractivity (Wildman–Crippen MR) is 76.0 cm³/mol. The number of hydrogen-bond acceptors (Lipinski definition) is 7. The molecule has 0 aliphatic rings. The number of ether oxygens (including phenoxy) is 1. The summed E-state index contributed by atoms with van der Waals surface area (Å²) in [5.41, 5.74) is 1.85. The first-order valence-corrected chi connectivity index (χ1v) is 6.81. The molecule has 0 saturated heterocycles. The van der Waals surface area contributed by atoms with Crippen molar-refractivity contribution in [3.05, 3.63) is 35.0 Å². The second-order valence-corrected chi connectivity index (χ2v) is 4.35. The minimum Gasteiger partial charge on any atom is -0.463 e. The Labute approximate surface area is 122 Å².